The molecule has 0 spiro atoms. The summed E-state index contributed by atoms with van der Waals surface area (Å²) in [5.74, 6) is 0.412. The molecular weight excluding hydrogens is 392 g/mol. The second-order valence-corrected chi connectivity index (χ2v) is 7.54. The van der Waals surface area contributed by atoms with Crippen LogP contribution in [-0.4, -0.2) is 73.8 Å². The number of carbonyl (C=O) groups is 2. The van der Waals surface area contributed by atoms with E-state index in [-0.39, 0.29) is 17.6 Å². The Hall–Kier alpha value is -3.14. The number of piperazine rings is 1. The molecule has 3 aromatic rings. The van der Waals surface area contributed by atoms with Gasteiger partial charge in [0.1, 0.15) is 0 Å². The van der Waals surface area contributed by atoms with E-state index in [4.69, 9.17) is 4.42 Å². The number of nitrogens with zero attached hydrogens (tertiary/aromatic N) is 6. The number of carbonyl (C=O) groups excluding carboxylic acids is 2. The molecule has 29 heavy (non-hydrogen) atoms. The number of tetrazole rings is 1. The Morgan fingerprint density at radius 2 is 1.83 bits per heavy atom. The van der Waals surface area contributed by atoms with Gasteiger partial charge in [-0.25, -0.2) is 0 Å². The van der Waals surface area contributed by atoms with Crippen LogP contribution < -0.4 is 0 Å². The van der Waals surface area contributed by atoms with Gasteiger partial charge in [0.25, 0.3) is 5.91 Å². The molecule has 0 aliphatic carbocycles. The first-order valence-electron chi connectivity index (χ1n) is 9.21. The molecule has 0 saturated carbocycles. The van der Waals surface area contributed by atoms with Crippen LogP contribution in [0.2, 0.25) is 0 Å². The molecule has 1 aromatic carbocycles. The molecule has 10 heteroatoms. The Kier molecular flexibility index (Phi) is 5.61. The zero-order valence-electron chi connectivity index (χ0n) is 15.9. The maximum Gasteiger partial charge on any atom is 0.289 e. The highest BCUT2D eigenvalue weighted by Gasteiger charge is 2.26. The predicted molar refractivity (Wildman–Crippen MR) is 106 cm³/mol. The van der Waals surface area contributed by atoms with E-state index >= 15 is 0 Å². The highest BCUT2D eigenvalue weighted by Crippen LogP contribution is 2.21. The van der Waals surface area contributed by atoms with Gasteiger partial charge in [0.15, 0.2) is 5.76 Å². The van der Waals surface area contributed by atoms with Gasteiger partial charge in [-0.2, -0.15) is 4.68 Å². The Morgan fingerprint density at radius 1 is 1.07 bits per heavy atom. The summed E-state index contributed by atoms with van der Waals surface area (Å²) in [6.07, 6.45) is 1.48. The fourth-order valence-electron chi connectivity index (χ4n) is 3.15. The maximum absolute atomic E-state index is 12.6. The van der Waals surface area contributed by atoms with Gasteiger partial charge < -0.3 is 14.2 Å². The average Bonchev–Trinajstić information content (AvgIpc) is 3.44. The van der Waals surface area contributed by atoms with Crippen LogP contribution in [0, 0.1) is 6.92 Å². The highest BCUT2D eigenvalue weighted by atomic mass is 32.2. The zero-order valence-corrected chi connectivity index (χ0v) is 16.7. The third-order valence-corrected chi connectivity index (χ3v) is 5.66. The quantitative estimate of drug-likeness (QED) is 0.588. The first kappa shape index (κ1) is 19.2. The fraction of sp³-hybridized carbons (Fsp3) is 0.316. The second kappa shape index (κ2) is 8.48. The van der Waals surface area contributed by atoms with Gasteiger partial charge in [0, 0.05) is 26.2 Å². The van der Waals surface area contributed by atoms with Crippen LogP contribution in [0.3, 0.4) is 0 Å². The topological polar surface area (TPSA) is 97.4 Å². The summed E-state index contributed by atoms with van der Waals surface area (Å²) >= 11 is 1.30. The van der Waals surface area contributed by atoms with Crippen molar-refractivity contribution in [3.8, 4) is 5.69 Å². The van der Waals surface area contributed by atoms with E-state index in [1.807, 2.05) is 31.2 Å². The number of hydrogen-bond acceptors (Lipinski definition) is 7. The minimum absolute atomic E-state index is 0.000527. The average molecular weight is 412 g/mol. The number of thioether (sulfide) groups is 1. The Bertz CT molecular complexity index is 995. The van der Waals surface area contributed by atoms with Crippen LogP contribution >= 0.6 is 11.8 Å². The first-order chi connectivity index (χ1) is 14.1. The van der Waals surface area contributed by atoms with Crippen molar-refractivity contribution < 1.29 is 14.0 Å². The van der Waals surface area contributed by atoms with Crippen molar-refractivity contribution >= 4 is 23.6 Å². The number of benzene rings is 1. The van der Waals surface area contributed by atoms with E-state index in [1.165, 1.54) is 18.0 Å². The molecule has 0 N–H and O–H groups in total. The largest absolute Gasteiger partial charge is 0.459 e. The Balaban J connectivity index is 1.32. The summed E-state index contributed by atoms with van der Waals surface area (Å²) in [6, 6.07) is 11.1. The molecular formula is C19H20N6O3S. The SMILES string of the molecule is Cc1ccccc1-n1nnnc1SCC(=O)N1CCN(C(=O)c2ccco2)CC1. The van der Waals surface area contributed by atoms with Crippen molar-refractivity contribution in [2.45, 2.75) is 12.1 Å². The lowest BCUT2D eigenvalue weighted by Gasteiger charge is -2.34. The molecule has 150 valence electrons. The van der Waals surface area contributed by atoms with Gasteiger partial charge in [0.2, 0.25) is 11.1 Å². The van der Waals surface area contributed by atoms with Crippen LogP contribution in [0.5, 0.6) is 0 Å². The number of furan rings is 1. The number of aromatic nitrogens is 4. The van der Waals surface area contributed by atoms with Crippen molar-refractivity contribution in [3.63, 3.8) is 0 Å². The van der Waals surface area contributed by atoms with Crippen molar-refractivity contribution in [1.29, 1.82) is 0 Å². The number of hydrogen-bond donors (Lipinski definition) is 0. The van der Waals surface area contributed by atoms with E-state index < -0.39 is 0 Å². The van der Waals surface area contributed by atoms with Crippen molar-refractivity contribution in [2.24, 2.45) is 0 Å². The van der Waals surface area contributed by atoms with Crippen molar-refractivity contribution in [1.82, 2.24) is 30.0 Å². The van der Waals surface area contributed by atoms with Crippen LogP contribution in [0.25, 0.3) is 5.69 Å². The van der Waals surface area contributed by atoms with E-state index in [2.05, 4.69) is 15.5 Å². The van der Waals surface area contributed by atoms with Crippen LogP contribution in [0.15, 0.2) is 52.2 Å². The molecule has 0 unspecified atom stereocenters. The zero-order chi connectivity index (χ0) is 20.2. The number of para-hydroxylation sites is 1. The molecule has 1 aliphatic heterocycles. The van der Waals surface area contributed by atoms with Crippen molar-refractivity contribution in [3.05, 3.63) is 54.0 Å². The Morgan fingerprint density at radius 3 is 2.55 bits per heavy atom. The third-order valence-electron chi connectivity index (χ3n) is 4.76. The summed E-state index contributed by atoms with van der Waals surface area (Å²) < 4.78 is 6.81. The smallest absolute Gasteiger partial charge is 0.289 e. The van der Waals surface area contributed by atoms with Gasteiger partial charge >= 0.3 is 0 Å². The fourth-order valence-corrected chi connectivity index (χ4v) is 3.94. The second-order valence-electron chi connectivity index (χ2n) is 6.60. The lowest BCUT2D eigenvalue weighted by atomic mass is 10.2. The van der Waals surface area contributed by atoms with Gasteiger partial charge in [-0.15, -0.1) is 5.10 Å². The number of rotatable bonds is 5. The number of aryl methyl sites for hydroxylation is 1. The van der Waals surface area contributed by atoms with E-state index in [0.717, 1.165) is 11.3 Å². The summed E-state index contributed by atoms with van der Waals surface area (Å²) in [5.41, 5.74) is 1.93. The molecule has 0 atom stereocenters. The first-order valence-corrected chi connectivity index (χ1v) is 10.2. The molecule has 1 aliphatic rings. The summed E-state index contributed by atoms with van der Waals surface area (Å²) in [6.45, 7) is 3.94. The van der Waals surface area contributed by atoms with Crippen LogP contribution in [0.1, 0.15) is 16.1 Å². The highest BCUT2D eigenvalue weighted by molar-refractivity contribution is 7.99. The Labute approximate surface area is 171 Å². The molecule has 0 radical (unpaired) electrons. The molecule has 3 heterocycles. The van der Waals surface area contributed by atoms with Gasteiger partial charge in [0.05, 0.1) is 17.7 Å². The number of amides is 2. The van der Waals surface area contributed by atoms with Gasteiger partial charge in [-0.3, -0.25) is 9.59 Å². The summed E-state index contributed by atoms with van der Waals surface area (Å²) in [7, 11) is 0. The summed E-state index contributed by atoms with van der Waals surface area (Å²) in [5, 5.41) is 12.4. The third kappa shape index (κ3) is 4.16. The minimum atomic E-state index is -0.145. The standard InChI is InChI=1S/C19H20N6O3S/c1-14-5-2-3-6-15(14)25-19(20-21-22-25)29-13-17(26)23-8-10-24(11-9-23)18(27)16-7-4-12-28-16/h2-7,12H,8-11,13H2,1H3. The molecule has 0 bridgehead atoms. The van der Waals surface area contributed by atoms with E-state index in [0.29, 0.717) is 37.1 Å². The lowest BCUT2D eigenvalue weighted by Crippen LogP contribution is -2.51. The van der Waals surface area contributed by atoms with E-state index in [9.17, 15) is 9.59 Å². The molecule has 2 amide bonds. The molecule has 2 aromatic heterocycles. The van der Waals surface area contributed by atoms with Crippen LogP contribution in [-0.2, 0) is 4.79 Å². The molecule has 1 saturated heterocycles. The normalized spacial score (nSPS) is 14.2. The van der Waals surface area contributed by atoms with Gasteiger partial charge in [-0.1, -0.05) is 30.0 Å². The van der Waals surface area contributed by atoms with Crippen LogP contribution in [0.4, 0.5) is 0 Å². The van der Waals surface area contributed by atoms with Crippen molar-refractivity contribution in [2.75, 3.05) is 31.9 Å². The lowest BCUT2D eigenvalue weighted by molar-refractivity contribution is -0.129. The molecule has 4 rings (SSSR count). The monoisotopic (exact) mass is 412 g/mol. The predicted octanol–water partition coefficient (Wildman–Crippen LogP) is 1.64. The van der Waals surface area contributed by atoms with Gasteiger partial charge in [-0.05, 0) is 41.1 Å². The maximum atomic E-state index is 12.6. The molecule has 1 fully saturated rings. The molecule has 9 nitrogen and oxygen atoms in total. The van der Waals surface area contributed by atoms with E-state index in [1.54, 1.807) is 26.6 Å². The minimum Gasteiger partial charge on any atom is -0.459 e. The summed E-state index contributed by atoms with van der Waals surface area (Å²) in [4.78, 5) is 28.4.